The van der Waals surface area contributed by atoms with E-state index >= 15 is 0 Å². The Morgan fingerprint density at radius 3 is 2.11 bits per heavy atom. The molecule has 45 heavy (non-hydrogen) atoms. The number of carbonyl (C=O) groups is 2. The molecule has 0 bridgehead atoms. The summed E-state index contributed by atoms with van der Waals surface area (Å²) in [5, 5.41) is 11.8. The van der Waals surface area contributed by atoms with Crippen molar-refractivity contribution in [2.45, 2.75) is 78.1 Å². The van der Waals surface area contributed by atoms with Crippen LogP contribution in [0.2, 0.25) is 0 Å². The molecule has 1 amide bonds. The Balaban J connectivity index is 0.000000707. The first-order chi connectivity index (χ1) is 21.0. The molecule has 246 valence electrons. The van der Waals surface area contributed by atoms with Crippen molar-refractivity contribution in [2.75, 3.05) is 25.5 Å². The van der Waals surface area contributed by atoms with Crippen LogP contribution in [0.1, 0.15) is 70.9 Å². The third-order valence-electron chi connectivity index (χ3n) is 8.47. The Bertz CT molecular complexity index is 1590. The van der Waals surface area contributed by atoms with Crippen LogP contribution in [-0.4, -0.2) is 75.5 Å². The van der Waals surface area contributed by atoms with Crippen LogP contribution in [0.3, 0.4) is 0 Å². The zero-order chi connectivity index (χ0) is 33.8. The van der Waals surface area contributed by atoms with E-state index in [0.717, 1.165) is 77.1 Å². The standard InChI is InChI=1S/C30H42N6O2.C2HF3O2/c1-8-36(22-11-9-21(10-12-22)34(5)6)28-20(4)24(29(31)37)17-25(27-13-14-35(7)33-27)26(28)16-23-18(2)15-19(3)32-30(23)38;3-2(4,5)1(6)7/h13-15,17,21-22H,8-12,16H2,1-7H3,(H2,31,37)(H,32,38);(H,6,7). The van der Waals surface area contributed by atoms with Crippen LogP contribution in [0.4, 0.5) is 18.9 Å². The number of aromatic nitrogens is 3. The normalized spacial score (nSPS) is 16.7. The predicted octanol–water partition coefficient (Wildman–Crippen LogP) is 4.72. The number of carboxylic acids is 1. The van der Waals surface area contributed by atoms with Crippen LogP contribution in [-0.2, 0) is 18.3 Å². The van der Waals surface area contributed by atoms with E-state index in [9.17, 15) is 22.8 Å². The van der Waals surface area contributed by atoms with E-state index in [1.807, 2.05) is 52.2 Å². The number of anilines is 1. The first-order valence-corrected chi connectivity index (χ1v) is 14.8. The van der Waals surface area contributed by atoms with E-state index in [-0.39, 0.29) is 5.56 Å². The van der Waals surface area contributed by atoms with Gasteiger partial charge in [0, 0.05) is 66.4 Å². The van der Waals surface area contributed by atoms with Crippen molar-refractivity contribution in [1.82, 2.24) is 19.7 Å². The lowest BCUT2D eigenvalue weighted by atomic mass is 9.85. The van der Waals surface area contributed by atoms with Gasteiger partial charge in [0.2, 0.25) is 5.91 Å². The van der Waals surface area contributed by atoms with Crippen LogP contribution < -0.4 is 16.2 Å². The van der Waals surface area contributed by atoms with Gasteiger partial charge < -0.3 is 25.6 Å². The van der Waals surface area contributed by atoms with Crippen LogP contribution in [0.5, 0.6) is 0 Å². The largest absolute Gasteiger partial charge is 0.490 e. The molecule has 1 aliphatic carbocycles. The highest BCUT2D eigenvalue weighted by molar-refractivity contribution is 5.98. The van der Waals surface area contributed by atoms with E-state index in [2.05, 4.69) is 35.8 Å². The fraction of sp³-hybridized carbons (Fsp3) is 0.500. The van der Waals surface area contributed by atoms with Crippen molar-refractivity contribution in [3.63, 3.8) is 0 Å². The number of halogens is 3. The number of nitrogens with two attached hydrogens (primary N) is 1. The number of nitrogens with one attached hydrogen (secondary N) is 1. The molecule has 0 spiro atoms. The van der Waals surface area contributed by atoms with Gasteiger partial charge in [-0.3, -0.25) is 14.3 Å². The maximum absolute atomic E-state index is 13.2. The Labute approximate surface area is 261 Å². The van der Waals surface area contributed by atoms with Gasteiger partial charge in [0.1, 0.15) is 0 Å². The molecule has 0 unspecified atom stereocenters. The highest BCUT2D eigenvalue weighted by Gasteiger charge is 2.38. The van der Waals surface area contributed by atoms with Crippen LogP contribution in [0.15, 0.2) is 29.2 Å². The summed E-state index contributed by atoms with van der Waals surface area (Å²) in [6.45, 7) is 8.84. The monoisotopic (exact) mass is 632 g/mol. The number of rotatable bonds is 8. The predicted molar refractivity (Wildman–Crippen MR) is 168 cm³/mol. The fourth-order valence-corrected chi connectivity index (χ4v) is 6.20. The molecule has 2 heterocycles. The SMILES string of the molecule is CCN(c1c(C)c(C(N)=O)cc(-c2ccn(C)n2)c1Cc1c(C)cc(C)[nH]c1=O)C1CCC(N(C)C)CC1.O=C(O)C(F)(F)F. The molecule has 2 aromatic heterocycles. The maximum atomic E-state index is 13.2. The first-order valence-electron chi connectivity index (χ1n) is 14.8. The van der Waals surface area contributed by atoms with Crippen molar-refractivity contribution in [2.24, 2.45) is 12.8 Å². The van der Waals surface area contributed by atoms with E-state index in [4.69, 9.17) is 20.7 Å². The molecular weight excluding hydrogens is 589 g/mol. The summed E-state index contributed by atoms with van der Waals surface area (Å²) in [7, 11) is 6.19. The second-order valence-electron chi connectivity index (χ2n) is 11.8. The summed E-state index contributed by atoms with van der Waals surface area (Å²) in [4.78, 5) is 42.5. The number of aliphatic carboxylic acids is 1. The molecule has 0 saturated heterocycles. The first kappa shape index (κ1) is 35.4. The van der Waals surface area contributed by atoms with E-state index in [0.29, 0.717) is 24.1 Å². The lowest BCUT2D eigenvalue weighted by molar-refractivity contribution is -0.192. The number of H-pyrrole nitrogens is 1. The molecular formula is C32H43F3N6O4. The Hall–Kier alpha value is -4.13. The van der Waals surface area contributed by atoms with Crippen molar-refractivity contribution in [3.05, 3.63) is 68.3 Å². The molecule has 13 heteroatoms. The number of amides is 1. The highest BCUT2D eigenvalue weighted by atomic mass is 19.4. The topological polar surface area (TPSA) is 138 Å². The number of carboxylic acid groups (broad SMARTS) is 1. The third kappa shape index (κ3) is 8.33. The zero-order valence-electron chi connectivity index (χ0n) is 26.9. The summed E-state index contributed by atoms with van der Waals surface area (Å²) in [6.07, 6.45) is 1.64. The summed E-state index contributed by atoms with van der Waals surface area (Å²) < 4.78 is 33.5. The Kier molecular flexibility index (Phi) is 11.2. The molecule has 10 nitrogen and oxygen atoms in total. The Morgan fingerprint density at radius 2 is 1.67 bits per heavy atom. The molecule has 1 saturated carbocycles. The van der Waals surface area contributed by atoms with Crippen molar-refractivity contribution < 1.29 is 27.9 Å². The molecule has 1 aromatic carbocycles. The van der Waals surface area contributed by atoms with Gasteiger partial charge in [-0.15, -0.1) is 0 Å². The minimum atomic E-state index is -5.08. The minimum absolute atomic E-state index is 0.0772. The number of hydrogen-bond donors (Lipinski definition) is 3. The van der Waals surface area contributed by atoms with Gasteiger partial charge in [-0.1, -0.05) is 0 Å². The van der Waals surface area contributed by atoms with Crippen LogP contribution in [0, 0.1) is 20.8 Å². The van der Waals surface area contributed by atoms with Gasteiger partial charge in [-0.05, 0) is 102 Å². The molecule has 0 aliphatic heterocycles. The molecule has 0 radical (unpaired) electrons. The molecule has 1 fully saturated rings. The summed E-state index contributed by atoms with van der Waals surface area (Å²) in [5.41, 5.74) is 13.4. The summed E-state index contributed by atoms with van der Waals surface area (Å²) in [5.74, 6) is -3.21. The maximum Gasteiger partial charge on any atom is 0.490 e. The average molecular weight is 633 g/mol. The third-order valence-corrected chi connectivity index (χ3v) is 8.47. The quantitative estimate of drug-likeness (QED) is 0.327. The van der Waals surface area contributed by atoms with Gasteiger partial charge >= 0.3 is 12.1 Å². The Morgan fingerprint density at radius 1 is 1.09 bits per heavy atom. The number of aryl methyl sites for hydroxylation is 3. The van der Waals surface area contributed by atoms with Gasteiger partial charge in [0.05, 0.1) is 5.69 Å². The number of benzene rings is 1. The summed E-state index contributed by atoms with van der Waals surface area (Å²) >= 11 is 0. The van der Waals surface area contributed by atoms with Gasteiger partial charge in [0.25, 0.3) is 5.56 Å². The summed E-state index contributed by atoms with van der Waals surface area (Å²) in [6, 6.07) is 6.76. The second-order valence-corrected chi connectivity index (χ2v) is 11.8. The smallest absolute Gasteiger partial charge is 0.475 e. The van der Waals surface area contributed by atoms with Crippen molar-refractivity contribution in [1.29, 1.82) is 0 Å². The van der Waals surface area contributed by atoms with Crippen molar-refractivity contribution >= 4 is 17.6 Å². The van der Waals surface area contributed by atoms with Crippen LogP contribution >= 0.6 is 0 Å². The number of carbonyl (C=O) groups excluding carboxylic acids is 1. The molecule has 3 aromatic rings. The highest BCUT2D eigenvalue weighted by Crippen LogP contribution is 2.40. The number of aromatic amines is 1. The fourth-order valence-electron chi connectivity index (χ4n) is 6.20. The molecule has 1 aliphatic rings. The van der Waals surface area contributed by atoms with E-state index in [1.54, 1.807) is 4.68 Å². The lowest BCUT2D eigenvalue weighted by Crippen LogP contribution is -2.43. The number of primary amides is 1. The van der Waals surface area contributed by atoms with Gasteiger partial charge in [0.15, 0.2) is 0 Å². The number of alkyl halides is 3. The number of hydrogen-bond acceptors (Lipinski definition) is 6. The number of nitrogens with zero attached hydrogens (tertiary/aromatic N) is 4. The van der Waals surface area contributed by atoms with Gasteiger partial charge in [-0.2, -0.15) is 18.3 Å². The molecule has 4 rings (SSSR count). The van der Waals surface area contributed by atoms with Gasteiger partial charge in [-0.25, -0.2) is 4.79 Å². The zero-order valence-corrected chi connectivity index (χ0v) is 26.9. The second kappa shape index (κ2) is 14.3. The van der Waals surface area contributed by atoms with Crippen LogP contribution in [0.25, 0.3) is 11.3 Å². The van der Waals surface area contributed by atoms with E-state index in [1.165, 1.54) is 0 Å². The average Bonchev–Trinajstić information content (AvgIpc) is 3.38. The molecule has 4 N–H and O–H groups in total. The number of pyridine rings is 1. The minimum Gasteiger partial charge on any atom is -0.475 e. The molecule has 0 atom stereocenters. The van der Waals surface area contributed by atoms with Crippen molar-refractivity contribution in [3.8, 4) is 11.3 Å². The van der Waals surface area contributed by atoms with E-state index < -0.39 is 18.1 Å². The lowest BCUT2D eigenvalue weighted by Gasteiger charge is -2.41.